The van der Waals surface area contributed by atoms with E-state index in [1.807, 2.05) is 0 Å². The van der Waals surface area contributed by atoms with E-state index < -0.39 is 11.7 Å². The third kappa shape index (κ3) is 1.76. The SMILES string of the molecule is O=C1O/C(=C2\CCC3CCCCC3C2=O)C=C1O. The van der Waals surface area contributed by atoms with Crippen LogP contribution in [0.5, 0.6) is 0 Å². The van der Waals surface area contributed by atoms with Crippen LogP contribution in [0.1, 0.15) is 38.5 Å². The number of fused-ring (bicyclic) bond motifs is 1. The zero-order chi connectivity index (χ0) is 12.7. The summed E-state index contributed by atoms with van der Waals surface area (Å²) in [5, 5.41) is 9.26. The summed E-state index contributed by atoms with van der Waals surface area (Å²) < 4.78 is 4.94. The number of cyclic esters (lactones) is 1. The highest BCUT2D eigenvalue weighted by molar-refractivity contribution is 6.01. The van der Waals surface area contributed by atoms with Crippen molar-refractivity contribution in [3.05, 3.63) is 23.2 Å². The standard InChI is InChI=1S/C14H16O4/c15-11-7-12(18-14(11)17)10-6-5-8-3-1-2-4-9(8)13(10)16/h7-9,15H,1-6H2/b12-10+. The Balaban J connectivity index is 1.89. The number of rotatable bonds is 0. The fourth-order valence-corrected chi connectivity index (χ4v) is 3.33. The van der Waals surface area contributed by atoms with Crippen molar-refractivity contribution in [3.8, 4) is 0 Å². The first-order valence-electron chi connectivity index (χ1n) is 6.57. The number of aliphatic hydroxyl groups is 1. The molecule has 18 heavy (non-hydrogen) atoms. The maximum Gasteiger partial charge on any atom is 0.378 e. The molecule has 0 spiro atoms. The van der Waals surface area contributed by atoms with Crippen LogP contribution in [0.15, 0.2) is 23.2 Å². The summed E-state index contributed by atoms with van der Waals surface area (Å²) >= 11 is 0. The van der Waals surface area contributed by atoms with Crippen LogP contribution in [-0.2, 0) is 14.3 Å². The van der Waals surface area contributed by atoms with Gasteiger partial charge in [0.1, 0.15) is 5.76 Å². The van der Waals surface area contributed by atoms with Crippen LogP contribution in [-0.4, -0.2) is 16.9 Å². The molecular formula is C14H16O4. The number of Topliss-reactive ketones (excluding diaryl/α,β-unsaturated/α-hetero) is 1. The average Bonchev–Trinajstić information content (AvgIpc) is 2.70. The van der Waals surface area contributed by atoms with Gasteiger partial charge in [0.15, 0.2) is 5.78 Å². The molecule has 2 atom stereocenters. The van der Waals surface area contributed by atoms with Crippen molar-refractivity contribution in [2.24, 2.45) is 11.8 Å². The van der Waals surface area contributed by atoms with Gasteiger partial charge in [0, 0.05) is 17.6 Å². The molecule has 0 saturated heterocycles. The van der Waals surface area contributed by atoms with Gasteiger partial charge in [0.05, 0.1) is 0 Å². The average molecular weight is 248 g/mol. The van der Waals surface area contributed by atoms with E-state index in [1.54, 1.807) is 0 Å². The second kappa shape index (κ2) is 4.26. The first-order chi connectivity index (χ1) is 8.66. The van der Waals surface area contributed by atoms with E-state index in [-0.39, 0.29) is 17.5 Å². The minimum Gasteiger partial charge on any atom is -0.502 e. The van der Waals surface area contributed by atoms with Crippen LogP contribution >= 0.6 is 0 Å². The molecule has 0 aromatic carbocycles. The van der Waals surface area contributed by atoms with E-state index in [4.69, 9.17) is 4.74 Å². The zero-order valence-electron chi connectivity index (χ0n) is 10.1. The Hall–Kier alpha value is -1.58. The number of hydrogen-bond acceptors (Lipinski definition) is 4. The number of esters is 1. The molecule has 0 radical (unpaired) electrons. The molecule has 3 aliphatic rings. The summed E-state index contributed by atoms with van der Waals surface area (Å²) in [6.07, 6.45) is 7.34. The van der Waals surface area contributed by atoms with Gasteiger partial charge in [-0.15, -0.1) is 0 Å². The highest BCUT2D eigenvalue weighted by Gasteiger charge is 2.39. The molecule has 96 valence electrons. The Kier molecular flexibility index (Phi) is 2.73. The number of aliphatic hydroxyl groups excluding tert-OH is 1. The topological polar surface area (TPSA) is 63.6 Å². The number of ether oxygens (including phenoxy) is 1. The van der Waals surface area contributed by atoms with Crippen LogP contribution in [0.2, 0.25) is 0 Å². The van der Waals surface area contributed by atoms with Crippen LogP contribution in [0.3, 0.4) is 0 Å². The smallest absolute Gasteiger partial charge is 0.378 e. The molecule has 3 rings (SSSR count). The summed E-state index contributed by atoms with van der Waals surface area (Å²) in [4.78, 5) is 23.5. The normalized spacial score (nSPS) is 36.1. The molecule has 0 bridgehead atoms. The highest BCUT2D eigenvalue weighted by atomic mass is 16.6. The van der Waals surface area contributed by atoms with Gasteiger partial charge in [-0.25, -0.2) is 4.79 Å². The number of ketones is 1. The fourth-order valence-electron chi connectivity index (χ4n) is 3.33. The minimum absolute atomic E-state index is 0.102. The predicted molar refractivity (Wildman–Crippen MR) is 63.5 cm³/mol. The molecule has 2 aliphatic carbocycles. The van der Waals surface area contributed by atoms with E-state index in [0.717, 1.165) is 25.7 Å². The zero-order valence-corrected chi connectivity index (χ0v) is 10.1. The van der Waals surface area contributed by atoms with Gasteiger partial charge in [0.2, 0.25) is 5.76 Å². The quantitative estimate of drug-likeness (QED) is 0.528. The second-order valence-corrected chi connectivity index (χ2v) is 5.32. The van der Waals surface area contributed by atoms with E-state index in [9.17, 15) is 14.7 Å². The van der Waals surface area contributed by atoms with Crippen LogP contribution in [0.4, 0.5) is 0 Å². The molecule has 1 heterocycles. The lowest BCUT2D eigenvalue weighted by atomic mass is 9.68. The van der Waals surface area contributed by atoms with Crippen LogP contribution in [0.25, 0.3) is 0 Å². The van der Waals surface area contributed by atoms with Gasteiger partial charge in [-0.05, 0) is 31.6 Å². The molecule has 2 fully saturated rings. The molecule has 2 unspecified atom stereocenters. The Labute approximate surface area is 105 Å². The largest absolute Gasteiger partial charge is 0.502 e. The Morgan fingerprint density at radius 1 is 1.17 bits per heavy atom. The minimum atomic E-state index is -0.754. The number of carbonyl (C=O) groups excluding carboxylic acids is 2. The van der Waals surface area contributed by atoms with Crippen molar-refractivity contribution in [1.82, 2.24) is 0 Å². The van der Waals surface area contributed by atoms with Crippen molar-refractivity contribution < 1.29 is 19.4 Å². The second-order valence-electron chi connectivity index (χ2n) is 5.32. The van der Waals surface area contributed by atoms with E-state index in [0.29, 0.717) is 17.9 Å². The molecular weight excluding hydrogens is 232 g/mol. The van der Waals surface area contributed by atoms with Gasteiger partial charge >= 0.3 is 5.97 Å². The third-order valence-electron chi connectivity index (χ3n) is 4.29. The third-order valence-corrected chi connectivity index (χ3v) is 4.29. The Morgan fingerprint density at radius 2 is 1.94 bits per heavy atom. The summed E-state index contributed by atoms with van der Waals surface area (Å²) in [6.45, 7) is 0. The van der Waals surface area contributed by atoms with Crippen molar-refractivity contribution in [1.29, 1.82) is 0 Å². The molecule has 4 heteroatoms. The lowest BCUT2D eigenvalue weighted by Gasteiger charge is -2.35. The molecule has 0 aromatic rings. The van der Waals surface area contributed by atoms with Gasteiger partial charge < -0.3 is 9.84 Å². The molecule has 1 N–H and O–H groups in total. The van der Waals surface area contributed by atoms with Gasteiger partial charge in [0.25, 0.3) is 0 Å². The maximum atomic E-state index is 12.4. The van der Waals surface area contributed by atoms with Crippen molar-refractivity contribution >= 4 is 11.8 Å². The van der Waals surface area contributed by atoms with Crippen molar-refractivity contribution in [2.75, 3.05) is 0 Å². The highest BCUT2D eigenvalue weighted by Crippen LogP contribution is 2.41. The first kappa shape index (κ1) is 11.5. The summed E-state index contributed by atoms with van der Waals surface area (Å²) in [6, 6.07) is 0. The van der Waals surface area contributed by atoms with Gasteiger partial charge in [-0.1, -0.05) is 12.8 Å². The first-order valence-corrected chi connectivity index (χ1v) is 6.57. The lowest BCUT2D eigenvalue weighted by molar-refractivity contribution is -0.135. The Morgan fingerprint density at radius 3 is 2.67 bits per heavy atom. The predicted octanol–water partition coefficient (Wildman–Crippen LogP) is 2.41. The molecule has 0 aromatic heterocycles. The molecule has 2 saturated carbocycles. The monoisotopic (exact) mass is 248 g/mol. The number of hydrogen-bond donors (Lipinski definition) is 1. The van der Waals surface area contributed by atoms with Gasteiger partial charge in [-0.2, -0.15) is 0 Å². The van der Waals surface area contributed by atoms with E-state index in [1.165, 1.54) is 12.5 Å². The molecule has 1 aliphatic heterocycles. The van der Waals surface area contributed by atoms with Crippen molar-refractivity contribution in [3.63, 3.8) is 0 Å². The summed E-state index contributed by atoms with van der Waals surface area (Å²) in [7, 11) is 0. The Bertz CT molecular complexity index is 472. The lowest BCUT2D eigenvalue weighted by Crippen LogP contribution is -2.33. The molecule has 0 amide bonds. The van der Waals surface area contributed by atoms with E-state index in [2.05, 4.69) is 0 Å². The number of allylic oxidation sites excluding steroid dienone is 2. The van der Waals surface area contributed by atoms with Gasteiger partial charge in [-0.3, -0.25) is 4.79 Å². The van der Waals surface area contributed by atoms with E-state index >= 15 is 0 Å². The maximum absolute atomic E-state index is 12.4. The number of carbonyl (C=O) groups is 2. The fraction of sp³-hybridized carbons (Fsp3) is 0.571. The van der Waals surface area contributed by atoms with Crippen molar-refractivity contribution in [2.45, 2.75) is 38.5 Å². The van der Waals surface area contributed by atoms with Crippen LogP contribution < -0.4 is 0 Å². The molecule has 4 nitrogen and oxygen atoms in total. The summed E-state index contributed by atoms with van der Waals surface area (Å²) in [5.41, 5.74) is 0.593. The summed E-state index contributed by atoms with van der Waals surface area (Å²) in [5.74, 6) is -0.159. The van der Waals surface area contributed by atoms with Crippen LogP contribution in [0, 0.1) is 11.8 Å².